The van der Waals surface area contributed by atoms with Crippen molar-refractivity contribution in [3.8, 4) is 5.75 Å². The van der Waals surface area contributed by atoms with Crippen LogP contribution in [-0.2, 0) is 24.9 Å². The molecule has 0 spiro atoms. The first-order valence-corrected chi connectivity index (χ1v) is 8.96. The molecular weight excluding hydrogens is 344 g/mol. The van der Waals surface area contributed by atoms with Crippen molar-refractivity contribution in [1.29, 1.82) is 0 Å². The average molecular weight is 366 g/mol. The molecule has 0 bridgehead atoms. The summed E-state index contributed by atoms with van der Waals surface area (Å²) >= 11 is 0. The Morgan fingerprint density at radius 1 is 1.19 bits per heavy atom. The highest BCUT2D eigenvalue weighted by Gasteiger charge is 2.25. The van der Waals surface area contributed by atoms with E-state index in [4.69, 9.17) is 9.47 Å². The molecule has 0 aliphatic carbocycles. The number of aromatic nitrogens is 5. The maximum Gasteiger partial charge on any atom is 0.204 e. The molecule has 8 heteroatoms. The van der Waals surface area contributed by atoms with Crippen molar-refractivity contribution in [3.63, 3.8) is 0 Å². The fourth-order valence-electron chi connectivity index (χ4n) is 3.02. The number of nitrogens with zero attached hydrogens (tertiary/aromatic N) is 6. The third kappa shape index (κ3) is 4.66. The molecule has 1 atom stereocenters. The number of ether oxygens (including phenoxy) is 2. The molecule has 8 nitrogen and oxygen atoms in total. The van der Waals surface area contributed by atoms with Crippen LogP contribution in [0.4, 0.5) is 0 Å². The highest BCUT2D eigenvalue weighted by atomic mass is 16.5. The minimum Gasteiger partial charge on any atom is -0.487 e. The number of rotatable bonds is 6. The van der Waals surface area contributed by atoms with E-state index in [-0.39, 0.29) is 6.10 Å². The number of aryl methyl sites for hydroxylation is 1. The topological polar surface area (TPSA) is 78.2 Å². The summed E-state index contributed by atoms with van der Waals surface area (Å²) in [6, 6.07) is 14.0. The monoisotopic (exact) mass is 366 g/mol. The summed E-state index contributed by atoms with van der Waals surface area (Å²) in [5, 5.41) is 12.2. The third-order valence-electron chi connectivity index (χ3n) is 4.40. The van der Waals surface area contributed by atoms with E-state index in [2.05, 4.69) is 37.4 Å². The second kappa shape index (κ2) is 8.24. The van der Waals surface area contributed by atoms with Crippen molar-refractivity contribution in [1.82, 2.24) is 30.1 Å². The smallest absolute Gasteiger partial charge is 0.204 e. The molecule has 1 fully saturated rings. The molecule has 0 amide bonds. The molecule has 4 rings (SSSR count). The van der Waals surface area contributed by atoms with Gasteiger partial charge in [-0.3, -0.25) is 9.88 Å². The maximum absolute atomic E-state index is 5.79. The van der Waals surface area contributed by atoms with Crippen LogP contribution in [0.15, 0.2) is 48.7 Å². The molecule has 0 saturated carbocycles. The van der Waals surface area contributed by atoms with Gasteiger partial charge in [0.05, 0.1) is 19.3 Å². The van der Waals surface area contributed by atoms with Gasteiger partial charge in [-0.1, -0.05) is 18.2 Å². The van der Waals surface area contributed by atoms with Crippen LogP contribution >= 0.6 is 0 Å². The van der Waals surface area contributed by atoms with E-state index in [1.54, 1.807) is 13.2 Å². The van der Waals surface area contributed by atoms with Crippen LogP contribution in [0, 0.1) is 0 Å². The minimum absolute atomic E-state index is 0.131. The van der Waals surface area contributed by atoms with Gasteiger partial charge in [0.25, 0.3) is 0 Å². The number of benzene rings is 1. The van der Waals surface area contributed by atoms with Crippen LogP contribution in [0.3, 0.4) is 0 Å². The first kappa shape index (κ1) is 17.6. The Morgan fingerprint density at radius 3 is 2.81 bits per heavy atom. The lowest BCUT2D eigenvalue weighted by atomic mass is 10.1. The van der Waals surface area contributed by atoms with E-state index in [1.165, 1.54) is 10.4 Å². The van der Waals surface area contributed by atoms with E-state index in [0.29, 0.717) is 19.0 Å². The van der Waals surface area contributed by atoms with Gasteiger partial charge in [-0.05, 0) is 35.0 Å². The van der Waals surface area contributed by atoms with Gasteiger partial charge in [0, 0.05) is 25.8 Å². The lowest BCUT2D eigenvalue weighted by Crippen LogP contribution is -2.38. The van der Waals surface area contributed by atoms with Crippen LogP contribution in [0.25, 0.3) is 0 Å². The van der Waals surface area contributed by atoms with Gasteiger partial charge in [-0.25, -0.2) is 0 Å². The molecule has 140 valence electrons. The first-order valence-electron chi connectivity index (χ1n) is 8.96. The summed E-state index contributed by atoms with van der Waals surface area (Å²) in [5.74, 6) is 1.48. The molecule has 3 heterocycles. The molecule has 0 N–H and O–H groups in total. The maximum atomic E-state index is 5.79. The normalized spacial score (nSPS) is 17.7. The van der Waals surface area contributed by atoms with E-state index < -0.39 is 0 Å². The Hall–Kier alpha value is -2.84. The van der Waals surface area contributed by atoms with Crippen LogP contribution in [0.5, 0.6) is 5.75 Å². The predicted molar refractivity (Wildman–Crippen MR) is 97.8 cm³/mol. The second-order valence-corrected chi connectivity index (χ2v) is 6.49. The van der Waals surface area contributed by atoms with Gasteiger partial charge >= 0.3 is 0 Å². The van der Waals surface area contributed by atoms with Crippen molar-refractivity contribution < 1.29 is 9.47 Å². The van der Waals surface area contributed by atoms with Crippen molar-refractivity contribution in [2.24, 2.45) is 7.05 Å². The summed E-state index contributed by atoms with van der Waals surface area (Å²) in [5.41, 5.74) is 2.14. The van der Waals surface area contributed by atoms with Crippen molar-refractivity contribution in [2.45, 2.75) is 19.3 Å². The standard InChI is InChI=1S/C19H22N6O2/c1-24-22-19(21-23-24)18-13-25(10-11-26-18)12-15-5-7-17(8-6-15)27-14-16-4-2-3-9-20-16/h2-9,18H,10-14H2,1H3. The third-order valence-corrected chi connectivity index (χ3v) is 4.40. The Labute approximate surface area is 157 Å². The summed E-state index contributed by atoms with van der Waals surface area (Å²) in [6.45, 7) is 3.61. The summed E-state index contributed by atoms with van der Waals surface area (Å²) in [6.07, 6.45) is 1.64. The van der Waals surface area contributed by atoms with E-state index >= 15 is 0 Å². The van der Waals surface area contributed by atoms with E-state index in [1.807, 2.05) is 30.3 Å². The molecule has 1 aromatic carbocycles. The largest absolute Gasteiger partial charge is 0.487 e. The summed E-state index contributed by atoms with van der Waals surface area (Å²) in [4.78, 5) is 8.06. The molecule has 1 aliphatic heterocycles. The number of morpholine rings is 1. The number of tetrazole rings is 1. The van der Waals surface area contributed by atoms with Gasteiger partial charge < -0.3 is 9.47 Å². The lowest BCUT2D eigenvalue weighted by molar-refractivity contribution is -0.0373. The van der Waals surface area contributed by atoms with Gasteiger partial charge in [0.2, 0.25) is 5.82 Å². The highest BCUT2D eigenvalue weighted by molar-refractivity contribution is 5.27. The second-order valence-electron chi connectivity index (χ2n) is 6.49. The molecule has 2 aromatic heterocycles. The molecule has 27 heavy (non-hydrogen) atoms. The van der Waals surface area contributed by atoms with Gasteiger partial charge in [-0.2, -0.15) is 4.80 Å². The number of hydrogen-bond donors (Lipinski definition) is 0. The Bertz CT molecular complexity index is 852. The zero-order chi connectivity index (χ0) is 18.5. The van der Waals surface area contributed by atoms with E-state index in [9.17, 15) is 0 Å². The van der Waals surface area contributed by atoms with Gasteiger partial charge in [0.15, 0.2) is 0 Å². The summed E-state index contributed by atoms with van der Waals surface area (Å²) < 4.78 is 11.6. The lowest BCUT2D eigenvalue weighted by Gasteiger charge is -2.31. The molecular formula is C19H22N6O2. The SMILES string of the molecule is Cn1nnc(C2CN(Cc3ccc(OCc4ccccn4)cc3)CCO2)n1. The molecule has 3 aromatic rings. The fourth-order valence-corrected chi connectivity index (χ4v) is 3.02. The molecule has 0 radical (unpaired) electrons. The highest BCUT2D eigenvalue weighted by Crippen LogP contribution is 2.21. The zero-order valence-corrected chi connectivity index (χ0v) is 15.2. The Kier molecular flexibility index (Phi) is 5.36. The minimum atomic E-state index is -0.131. The number of pyridine rings is 1. The van der Waals surface area contributed by atoms with Crippen LogP contribution in [0.2, 0.25) is 0 Å². The van der Waals surface area contributed by atoms with Gasteiger partial charge in [0.1, 0.15) is 18.5 Å². The fraction of sp³-hybridized carbons (Fsp3) is 0.368. The van der Waals surface area contributed by atoms with Crippen LogP contribution in [-0.4, -0.2) is 49.8 Å². The van der Waals surface area contributed by atoms with Crippen LogP contribution < -0.4 is 4.74 Å². The average Bonchev–Trinajstić information content (AvgIpc) is 3.15. The number of hydrogen-bond acceptors (Lipinski definition) is 7. The van der Waals surface area contributed by atoms with Crippen molar-refractivity contribution in [2.75, 3.05) is 19.7 Å². The molecule has 1 aliphatic rings. The zero-order valence-electron chi connectivity index (χ0n) is 15.2. The quantitative estimate of drug-likeness (QED) is 0.658. The molecule has 1 unspecified atom stereocenters. The first-order chi connectivity index (χ1) is 13.3. The Morgan fingerprint density at radius 2 is 2.07 bits per heavy atom. The Balaban J connectivity index is 1.31. The van der Waals surface area contributed by atoms with Crippen LogP contribution in [0.1, 0.15) is 23.2 Å². The van der Waals surface area contributed by atoms with Crippen molar-refractivity contribution >= 4 is 0 Å². The van der Waals surface area contributed by atoms with E-state index in [0.717, 1.165) is 31.1 Å². The van der Waals surface area contributed by atoms with Gasteiger partial charge in [-0.15, -0.1) is 10.2 Å². The molecule has 1 saturated heterocycles. The van der Waals surface area contributed by atoms with Crippen molar-refractivity contribution in [3.05, 3.63) is 65.7 Å². The predicted octanol–water partition coefficient (Wildman–Crippen LogP) is 1.76. The summed E-state index contributed by atoms with van der Waals surface area (Å²) in [7, 11) is 1.76.